The third-order valence-corrected chi connectivity index (χ3v) is 8.94. The summed E-state index contributed by atoms with van der Waals surface area (Å²) in [4.78, 5) is 33.9. The van der Waals surface area contributed by atoms with Crippen molar-refractivity contribution in [3.63, 3.8) is 0 Å². The maximum Gasteiger partial charge on any atom is 0.331 e. The highest BCUT2D eigenvalue weighted by molar-refractivity contribution is 5.80. The van der Waals surface area contributed by atoms with Crippen LogP contribution in [-0.2, 0) is 9.53 Å². The van der Waals surface area contributed by atoms with E-state index >= 15 is 0 Å². The highest BCUT2D eigenvalue weighted by atomic mass is 16.5. The number of anilines is 1. The van der Waals surface area contributed by atoms with Crippen molar-refractivity contribution < 1.29 is 14.6 Å². The largest absolute Gasteiger partial charge is 0.464 e. The molecule has 3 fully saturated rings. The Kier molecular flexibility index (Phi) is 9.00. The van der Waals surface area contributed by atoms with Gasteiger partial charge in [0.25, 0.3) is 5.56 Å². The van der Waals surface area contributed by atoms with Crippen molar-refractivity contribution in [1.82, 2.24) is 14.5 Å². The number of rotatable bonds is 9. The quantitative estimate of drug-likeness (QED) is 0.359. The van der Waals surface area contributed by atoms with E-state index in [1.165, 1.54) is 57.8 Å². The first-order valence-corrected chi connectivity index (χ1v) is 14.9. The Bertz CT molecular complexity index is 1130. The lowest BCUT2D eigenvalue weighted by Crippen LogP contribution is -2.50. The molecule has 2 aliphatic heterocycles. The number of benzene rings is 1. The molecule has 4 atom stereocenters. The van der Waals surface area contributed by atoms with Crippen molar-refractivity contribution in [1.29, 1.82) is 0 Å². The third kappa shape index (κ3) is 5.76. The molecule has 2 N–H and O–H groups in total. The van der Waals surface area contributed by atoms with Crippen LogP contribution >= 0.6 is 0 Å². The minimum Gasteiger partial charge on any atom is -0.464 e. The van der Waals surface area contributed by atoms with Gasteiger partial charge in [-0.3, -0.25) is 9.69 Å². The molecule has 8 nitrogen and oxygen atoms in total. The second-order valence-electron chi connectivity index (χ2n) is 11.5. The Hall–Kier alpha value is -2.45. The predicted octanol–water partition coefficient (Wildman–Crippen LogP) is 4.79. The molecule has 0 spiro atoms. The molecule has 2 saturated heterocycles. The summed E-state index contributed by atoms with van der Waals surface area (Å²) in [5, 5.41) is 12.8. The molecule has 208 valence electrons. The standard InChI is InChI=1S/C30H44N4O4/c1-2-3-17-38-30(37)26(20-35)32-28-29(36)34(27-14-10-9-13-25(27)31-28)24-18-22-15-16-23(19-24)33(22)21-11-7-5-4-6-8-12-21/h9-10,13-14,21-24,26,35H,2-8,11-12,15-20H2,1H3,(H,31,32)/t22-,23+,24+,26-/m0/s1. The molecule has 8 heteroatoms. The van der Waals surface area contributed by atoms with E-state index in [-0.39, 0.29) is 17.4 Å². The van der Waals surface area contributed by atoms with E-state index < -0.39 is 18.6 Å². The monoisotopic (exact) mass is 524 g/mol. The second kappa shape index (κ2) is 12.6. The summed E-state index contributed by atoms with van der Waals surface area (Å²) in [6, 6.07) is 8.50. The Balaban J connectivity index is 1.40. The molecule has 1 saturated carbocycles. The minimum atomic E-state index is -1.03. The second-order valence-corrected chi connectivity index (χ2v) is 11.5. The topological polar surface area (TPSA) is 96.7 Å². The van der Waals surface area contributed by atoms with Crippen molar-refractivity contribution in [3.05, 3.63) is 34.6 Å². The minimum absolute atomic E-state index is 0.0855. The summed E-state index contributed by atoms with van der Waals surface area (Å²) in [6.45, 7) is 1.85. The van der Waals surface area contributed by atoms with Gasteiger partial charge in [-0.05, 0) is 57.1 Å². The molecule has 38 heavy (non-hydrogen) atoms. The van der Waals surface area contributed by atoms with Gasteiger partial charge in [0.1, 0.15) is 6.04 Å². The van der Waals surface area contributed by atoms with Gasteiger partial charge in [0, 0.05) is 24.2 Å². The fourth-order valence-electron chi connectivity index (χ4n) is 7.10. The van der Waals surface area contributed by atoms with E-state index in [0.29, 0.717) is 30.2 Å². The summed E-state index contributed by atoms with van der Waals surface area (Å²) in [7, 11) is 0. The smallest absolute Gasteiger partial charge is 0.331 e. The average molecular weight is 525 g/mol. The van der Waals surface area contributed by atoms with Crippen LogP contribution in [0.2, 0.25) is 0 Å². The highest BCUT2D eigenvalue weighted by Crippen LogP contribution is 2.44. The number of aromatic nitrogens is 2. The lowest BCUT2D eigenvalue weighted by atomic mass is 9.89. The zero-order valence-electron chi connectivity index (χ0n) is 22.8. The third-order valence-electron chi connectivity index (χ3n) is 8.94. The Morgan fingerprint density at radius 1 is 1.03 bits per heavy atom. The van der Waals surface area contributed by atoms with Crippen molar-refractivity contribution in [3.8, 4) is 0 Å². The molecule has 3 aliphatic rings. The number of carbonyl (C=O) groups is 1. The molecule has 0 radical (unpaired) electrons. The molecule has 2 aromatic rings. The lowest BCUT2D eigenvalue weighted by molar-refractivity contribution is -0.145. The summed E-state index contributed by atoms with van der Waals surface area (Å²) in [6.07, 6.45) is 15.4. The molecule has 3 heterocycles. The molecule has 1 aliphatic carbocycles. The lowest BCUT2D eigenvalue weighted by Gasteiger charge is -2.45. The SMILES string of the molecule is CCCCOC(=O)[C@H](CO)Nc1nc2ccccc2n([C@H]2C[C@H]3CC[C@@H](C2)N3C2CCCCCCC2)c1=O. The number of hydrogen-bond donors (Lipinski definition) is 2. The zero-order valence-corrected chi connectivity index (χ0v) is 22.8. The van der Waals surface area contributed by atoms with E-state index in [1.54, 1.807) is 0 Å². The van der Waals surface area contributed by atoms with Crippen LogP contribution < -0.4 is 10.9 Å². The van der Waals surface area contributed by atoms with Crippen LogP contribution in [0.1, 0.15) is 96.4 Å². The first kappa shape index (κ1) is 27.1. The number of nitrogens with zero attached hydrogens (tertiary/aromatic N) is 3. The van der Waals surface area contributed by atoms with E-state index in [4.69, 9.17) is 4.74 Å². The van der Waals surface area contributed by atoms with E-state index in [2.05, 4.69) is 15.2 Å². The number of para-hydroxylation sites is 2. The van der Waals surface area contributed by atoms with Crippen LogP contribution in [0.25, 0.3) is 11.0 Å². The van der Waals surface area contributed by atoms with Crippen LogP contribution in [0.15, 0.2) is 29.1 Å². The Labute approximate surface area is 225 Å². The highest BCUT2D eigenvalue weighted by Gasteiger charge is 2.44. The first-order valence-electron chi connectivity index (χ1n) is 14.9. The van der Waals surface area contributed by atoms with Gasteiger partial charge in [-0.25, -0.2) is 9.78 Å². The number of aliphatic hydroxyl groups excluding tert-OH is 1. The van der Waals surface area contributed by atoms with Crippen LogP contribution in [0.4, 0.5) is 5.82 Å². The average Bonchev–Trinajstić information content (AvgIpc) is 3.16. The summed E-state index contributed by atoms with van der Waals surface area (Å²) in [5.74, 6) is -0.461. The zero-order chi connectivity index (χ0) is 26.5. The van der Waals surface area contributed by atoms with Crippen LogP contribution in [0.5, 0.6) is 0 Å². The molecule has 1 aromatic heterocycles. The van der Waals surface area contributed by atoms with E-state index in [9.17, 15) is 14.7 Å². The van der Waals surface area contributed by atoms with Crippen molar-refractivity contribution >= 4 is 22.8 Å². The van der Waals surface area contributed by atoms with Gasteiger partial charge in [0.15, 0.2) is 5.82 Å². The number of aliphatic hydroxyl groups is 1. The fraction of sp³-hybridized carbons (Fsp3) is 0.700. The first-order chi connectivity index (χ1) is 18.6. The number of esters is 1. The maximum absolute atomic E-state index is 13.9. The van der Waals surface area contributed by atoms with Gasteiger partial charge in [-0.2, -0.15) is 0 Å². The molecule has 5 rings (SSSR count). The van der Waals surface area contributed by atoms with Crippen LogP contribution in [0, 0.1) is 0 Å². The summed E-state index contributed by atoms with van der Waals surface area (Å²) < 4.78 is 7.22. The fourth-order valence-corrected chi connectivity index (χ4v) is 7.10. The number of fused-ring (bicyclic) bond motifs is 3. The molecule has 1 aromatic carbocycles. The van der Waals surface area contributed by atoms with Crippen molar-refractivity contribution in [2.24, 2.45) is 0 Å². The molecule has 2 bridgehead atoms. The van der Waals surface area contributed by atoms with Gasteiger partial charge < -0.3 is 19.7 Å². The van der Waals surface area contributed by atoms with Gasteiger partial charge in [-0.1, -0.05) is 57.6 Å². The number of hydrogen-bond acceptors (Lipinski definition) is 7. The van der Waals surface area contributed by atoms with Gasteiger partial charge >= 0.3 is 5.97 Å². The van der Waals surface area contributed by atoms with E-state index in [1.807, 2.05) is 35.8 Å². The van der Waals surface area contributed by atoms with Gasteiger partial charge in [-0.15, -0.1) is 0 Å². The number of piperidine rings is 1. The number of unbranched alkanes of at least 4 members (excludes halogenated alkanes) is 1. The van der Waals surface area contributed by atoms with Crippen molar-refractivity contribution in [2.75, 3.05) is 18.5 Å². The normalized spacial score (nSPS) is 25.6. The van der Waals surface area contributed by atoms with Gasteiger partial charge in [0.2, 0.25) is 0 Å². The number of carbonyl (C=O) groups excluding carboxylic acids is 1. The van der Waals surface area contributed by atoms with E-state index in [0.717, 1.165) is 31.2 Å². The summed E-state index contributed by atoms with van der Waals surface area (Å²) >= 11 is 0. The predicted molar refractivity (Wildman–Crippen MR) is 149 cm³/mol. The molecular formula is C30H44N4O4. The molecular weight excluding hydrogens is 480 g/mol. The number of ether oxygens (including phenoxy) is 1. The molecule has 0 amide bonds. The Morgan fingerprint density at radius 2 is 1.71 bits per heavy atom. The van der Waals surface area contributed by atoms with Crippen LogP contribution in [0.3, 0.4) is 0 Å². The van der Waals surface area contributed by atoms with Gasteiger partial charge in [0.05, 0.1) is 24.2 Å². The van der Waals surface area contributed by atoms with Crippen molar-refractivity contribution in [2.45, 2.75) is 121 Å². The number of nitrogens with one attached hydrogen (secondary N) is 1. The molecule has 0 unspecified atom stereocenters. The van der Waals surface area contributed by atoms with Crippen LogP contribution in [-0.4, -0.2) is 62.9 Å². The maximum atomic E-state index is 13.9. The summed E-state index contributed by atoms with van der Waals surface area (Å²) in [5.41, 5.74) is 1.31. The Morgan fingerprint density at radius 3 is 2.39 bits per heavy atom.